The van der Waals surface area contributed by atoms with E-state index in [1.807, 2.05) is 12.1 Å². The van der Waals surface area contributed by atoms with Crippen molar-refractivity contribution in [2.24, 2.45) is 0 Å². The summed E-state index contributed by atoms with van der Waals surface area (Å²) < 4.78 is 0.868. The van der Waals surface area contributed by atoms with Gasteiger partial charge in [0, 0.05) is 17.6 Å². The van der Waals surface area contributed by atoms with E-state index in [1.54, 1.807) is 23.3 Å². The molecule has 1 aliphatic rings. The molecule has 7 nitrogen and oxygen atoms in total. The number of hydrogen-bond donors (Lipinski definition) is 1. The van der Waals surface area contributed by atoms with E-state index >= 15 is 0 Å². The number of nitrogens with one attached hydrogen (secondary N) is 1. The molecule has 0 saturated carbocycles. The Kier molecular flexibility index (Phi) is 3.60. The summed E-state index contributed by atoms with van der Waals surface area (Å²) in [5.41, 5.74) is 0.580. The van der Waals surface area contributed by atoms with Gasteiger partial charge in [-0.15, -0.1) is 0 Å². The van der Waals surface area contributed by atoms with E-state index in [0.29, 0.717) is 16.9 Å². The van der Waals surface area contributed by atoms with Crippen molar-refractivity contribution in [1.29, 1.82) is 0 Å². The maximum atomic E-state index is 12.3. The van der Waals surface area contributed by atoms with E-state index in [-0.39, 0.29) is 11.6 Å². The van der Waals surface area contributed by atoms with Gasteiger partial charge in [-0.3, -0.25) is 9.78 Å². The van der Waals surface area contributed by atoms with Gasteiger partial charge in [-0.05, 0) is 31.0 Å². The van der Waals surface area contributed by atoms with Gasteiger partial charge >= 0.3 is 0 Å². The number of fused-ring (bicyclic) bond motifs is 1. The number of hydrogen-bond acceptors (Lipinski definition) is 5. The molecule has 0 bridgehead atoms. The Balaban J connectivity index is 1.68. The van der Waals surface area contributed by atoms with Crippen LogP contribution in [0.1, 0.15) is 18.9 Å². The average molecular weight is 375 g/mol. The van der Waals surface area contributed by atoms with Gasteiger partial charge in [-0.25, -0.2) is 4.98 Å². The van der Waals surface area contributed by atoms with Gasteiger partial charge in [-0.1, -0.05) is 15.9 Å². The Bertz CT molecular complexity index is 891. The summed E-state index contributed by atoms with van der Waals surface area (Å²) in [6, 6.07) is 5.74. The van der Waals surface area contributed by atoms with Crippen molar-refractivity contribution in [3.63, 3.8) is 0 Å². The minimum Gasteiger partial charge on any atom is -0.340 e. The zero-order valence-electron chi connectivity index (χ0n) is 12.3. The Labute approximate surface area is 140 Å². The molecule has 3 aromatic rings. The van der Waals surface area contributed by atoms with Gasteiger partial charge in [0.25, 0.3) is 5.56 Å². The number of aromatic amines is 1. The third-order valence-corrected chi connectivity index (χ3v) is 4.61. The predicted octanol–water partition coefficient (Wildman–Crippen LogP) is 2.12. The van der Waals surface area contributed by atoms with E-state index in [4.69, 9.17) is 0 Å². The van der Waals surface area contributed by atoms with Crippen LogP contribution in [-0.4, -0.2) is 38.1 Å². The van der Waals surface area contributed by atoms with Gasteiger partial charge in [0.05, 0.1) is 29.3 Å². The summed E-state index contributed by atoms with van der Waals surface area (Å²) in [5, 5.41) is 9.04. The van der Waals surface area contributed by atoms with E-state index in [1.165, 1.54) is 0 Å². The van der Waals surface area contributed by atoms with Crippen LogP contribution in [0.5, 0.6) is 0 Å². The fraction of sp³-hybridized carbons (Fsp3) is 0.333. The molecule has 23 heavy (non-hydrogen) atoms. The smallest absolute Gasteiger partial charge is 0.260 e. The van der Waals surface area contributed by atoms with Gasteiger partial charge in [-0.2, -0.15) is 15.0 Å². The van der Waals surface area contributed by atoms with Crippen LogP contribution in [0.15, 0.2) is 39.9 Å². The first-order chi connectivity index (χ1) is 11.2. The molecule has 0 radical (unpaired) electrons. The monoisotopic (exact) mass is 374 g/mol. The predicted molar refractivity (Wildman–Crippen MR) is 90.6 cm³/mol. The fourth-order valence-corrected chi connectivity index (χ4v) is 3.36. The highest BCUT2D eigenvalue weighted by molar-refractivity contribution is 9.10. The van der Waals surface area contributed by atoms with E-state index in [2.05, 4.69) is 41.0 Å². The number of rotatable bonds is 2. The second-order valence-corrected chi connectivity index (χ2v) is 6.56. The Morgan fingerprint density at radius 3 is 2.91 bits per heavy atom. The summed E-state index contributed by atoms with van der Waals surface area (Å²) in [7, 11) is 0. The van der Waals surface area contributed by atoms with Gasteiger partial charge in [0.15, 0.2) is 0 Å². The highest BCUT2D eigenvalue weighted by Crippen LogP contribution is 2.24. The summed E-state index contributed by atoms with van der Waals surface area (Å²) in [5.74, 6) is 0.613. The fourth-order valence-electron chi connectivity index (χ4n) is 3.00. The first kappa shape index (κ1) is 14.4. The molecule has 4 rings (SSSR count). The summed E-state index contributed by atoms with van der Waals surface area (Å²) in [6.45, 7) is 1.60. The van der Waals surface area contributed by atoms with Crippen LogP contribution >= 0.6 is 15.9 Å². The molecule has 1 aliphatic heterocycles. The van der Waals surface area contributed by atoms with Crippen LogP contribution in [0.25, 0.3) is 10.9 Å². The zero-order chi connectivity index (χ0) is 15.8. The standard InChI is InChI=1S/C15H15BrN6O/c16-10-3-4-13-12(8-10)14(23)20-15(19-13)21-7-1-2-11(9-21)22-17-5-6-18-22/h3-6,8,11H,1-2,7,9H2,(H,19,20,23). The SMILES string of the molecule is O=c1[nH]c(N2CCCC(n3nccn3)C2)nc2ccc(Br)cc12. The molecule has 1 aromatic carbocycles. The quantitative estimate of drug-likeness (QED) is 0.742. The van der Waals surface area contributed by atoms with Crippen molar-refractivity contribution in [2.45, 2.75) is 18.9 Å². The lowest BCUT2D eigenvalue weighted by molar-refractivity contribution is 0.340. The van der Waals surface area contributed by atoms with Crippen molar-refractivity contribution < 1.29 is 0 Å². The van der Waals surface area contributed by atoms with Crippen LogP contribution in [0.3, 0.4) is 0 Å². The minimum absolute atomic E-state index is 0.120. The molecule has 1 atom stereocenters. The average Bonchev–Trinajstić information content (AvgIpc) is 3.10. The molecule has 0 spiro atoms. The normalized spacial score (nSPS) is 18.5. The lowest BCUT2D eigenvalue weighted by Crippen LogP contribution is -2.39. The van der Waals surface area contributed by atoms with Crippen molar-refractivity contribution in [1.82, 2.24) is 25.0 Å². The largest absolute Gasteiger partial charge is 0.340 e. The number of anilines is 1. The Hall–Kier alpha value is -2.22. The number of H-pyrrole nitrogens is 1. The number of aromatic nitrogens is 5. The molecule has 0 aliphatic carbocycles. The second-order valence-electron chi connectivity index (χ2n) is 5.64. The van der Waals surface area contributed by atoms with Crippen molar-refractivity contribution in [3.8, 4) is 0 Å². The molecular weight excluding hydrogens is 360 g/mol. The Morgan fingerprint density at radius 1 is 1.26 bits per heavy atom. The highest BCUT2D eigenvalue weighted by atomic mass is 79.9. The van der Waals surface area contributed by atoms with Crippen molar-refractivity contribution >= 4 is 32.8 Å². The molecular formula is C15H15BrN6O. The van der Waals surface area contributed by atoms with E-state index < -0.39 is 0 Å². The van der Waals surface area contributed by atoms with Crippen molar-refractivity contribution in [2.75, 3.05) is 18.0 Å². The topological polar surface area (TPSA) is 79.7 Å². The molecule has 118 valence electrons. The molecule has 1 N–H and O–H groups in total. The summed E-state index contributed by atoms with van der Waals surface area (Å²) >= 11 is 3.38. The third kappa shape index (κ3) is 2.74. The van der Waals surface area contributed by atoms with Crippen LogP contribution in [0.2, 0.25) is 0 Å². The van der Waals surface area contributed by atoms with Crippen LogP contribution in [0.4, 0.5) is 5.95 Å². The number of halogens is 1. The van der Waals surface area contributed by atoms with Gasteiger partial charge in [0.1, 0.15) is 0 Å². The maximum Gasteiger partial charge on any atom is 0.260 e. The van der Waals surface area contributed by atoms with Gasteiger partial charge in [0.2, 0.25) is 5.95 Å². The van der Waals surface area contributed by atoms with Crippen LogP contribution < -0.4 is 10.5 Å². The number of benzene rings is 1. The molecule has 1 saturated heterocycles. The Morgan fingerprint density at radius 2 is 2.09 bits per heavy atom. The maximum absolute atomic E-state index is 12.3. The highest BCUT2D eigenvalue weighted by Gasteiger charge is 2.24. The van der Waals surface area contributed by atoms with Crippen LogP contribution in [0, 0.1) is 0 Å². The molecule has 2 aromatic heterocycles. The lowest BCUT2D eigenvalue weighted by Gasteiger charge is -2.32. The summed E-state index contributed by atoms with van der Waals surface area (Å²) in [4.78, 5) is 23.7. The van der Waals surface area contributed by atoms with E-state index in [0.717, 1.165) is 30.4 Å². The number of nitrogens with zero attached hydrogens (tertiary/aromatic N) is 5. The summed E-state index contributed by atoms with van der Waals surface area (Å²) in [6.07, 6.45) is 5.41. The molecule has 8 heteroatoms. The second kappa shape index (κ2) is 5.77. The molecule has 1 unspecified atom stereocenters. The van der Waals surface area contributed by atoms with Gasteiger partial charge < -0.3 is 4.90 Å². The molecule has 0 amide bonds. The first-order valence-corrected chi connectivity index (χ1v) is 8.30. The lowest BCUT2D eigenvalue weighted by atomic mass is 10.1. The third-order valence-electron chi connectivity index (χ3n) is 4.11. The molecule has 1 fully saturated rings. The van der Waals surface area contributed by atoms with Crippen LogP contribution in [-0.2, 0) is 0 Å². The number of piperidine rings is 1. The van der Waals surface area contributed by atoms with Crippen molar-refractivity contribution in [3.05, 3.63) is 45.4 Å². The minimum atomic E-state index is -0.120. The van der Waals surface area contributed by atoms with E-state index in [9.17, 15) is 4.79 Å². The molecule has 3 heterocycles. The first-order valence-electron chi connectivity index (χ1n) is 7.51. The zero-order valence-corrected chi connectivity index (χ0v) is 13.9.